The summed E-state index contributed by atoms with van der Waals surface area (Å²) in [6.07, 6.45) is 1.36. The molecule has 1 aromatic rings. The Morgan fingerprint density at radius 1 is 1.33 bits per heavy atom. The van der Waals surface area contributed by atoms with Gasteiger partial charge in [0.15, 0.2) is 0 Å². The molecular formula is C13H12O2. The molecule has 2 rings (SSSR count). The largest absolute Gasteiger partial charge is 0.480 e. The van der Waals surface area contributed by atoms with Gasteiger partial charge in [0, 0.05) is 5.56 Å². The minimum Gasteiger partial charge on any atom is -0.480 e. The highest BCUT2D eigenvalue weighted by atomic mass is 16.4. The molecular weight excluding hydrogens is 188 g/mol. The first kappa shape index (κ1) is 9.79. The van der Waals surface area contributed by atoms with Crippen LogP contribution < -0.4 is 0 Å². The molecule has 0 unspecified atom stereocenters. The lowest BCUT2D eigenvalue weighted by Crippen LogP contribution is -2.11. The maximum Gasteiger partial charge on any atom is 0.321 e. The van der Waals surface area contributed by atoms with Gasteiger partial charge >= 0.3 is 5.97 Å². The summed E-state index contributed by atoms with van der Waals surface area (Å²) in [6.45, 7) is 2.01. The monoisotopic (exact) mass is 200 g/mol. The summed E-state index contributed by atoms with van der Waals surface area (Å²) >= 11 is 0. The third-order valence-electron chi connectivity index (χ3n) is 2.66. The first-order chi connectivity index (χ1) is 7.12. The van der Waals surface area contributed by atoms with E-state index in [0.717, 1.165) is 5.56 Å². The SMILES string of the molecule is Cc1ccc(C#CC2(C(=O)O)CC2)cc1. The van der Waals surface area contributed by atoms with E-state index in [2.05, 4.69) is 11.8 Å². The molecule has 0 amide bonds. The molecule has 0 saturated heterocycles. The Hall–Kier alpha value is -1.75. The Bertz CT molecular complexity index is 442. The summed E-state index contributed by atoms with van der Waals surface area (Å²) < 4.78 is 0. The van der Waals surface area contributed by atoms with Crippen molar-refractivity contribution in [1.82, 2.24) is 0 Å². The normalized spacial score (nSPS) is 16.3. The second-order valence-electron chi connectivity index (χ2n) is 4.00. The molecule has 0 radical (unpaired) electrons. The van der Waals surface area contributed by atoms with Gasteiger partial charge in [-0.25, -0.2) is 0 Å². The highest BCUT2D eigenvalue weighted by Gasteiger charge is 2.49. The van der Waals surface area contributed by atoms with Crippen LogP contribution in [-0.4, -0.2) is 11.1 Å². The molecule has 76 valence electrons. The van der Waals surface area contributed by atoms with Crippen LogP contribution in [0.4, 0.5) is 0 Å². The third kappa shape index (κ3) is 2.02. The van der Waals surface area contributed by atoms with E-state index in [9.17, 15) is 4.79 Å². The average molecular weight is 200 g/mol. The van der Waals surface area contributed by atoms with Gasteiger partial charge in [0.05, 0.1) is 0 Å². The van der Waals surface area contributed by atoms with Gasteiger partial charge in [0.1, 0.15) is 5.41 Å². The summed E-state index contributed by atoms with van der Waals surface area (Å²) in [5.41, 5.74) is 1.32. The van der Waals surface area contributed by atoms with Crippen LogP contribution in [0, 0.1) is 24.2 Å². The molecule has 2 heteroatoms. The van der Waals surface area contributed by atoms with Crippen molar-refractivity contribution in [2.24, 2.45) is 5.41 Å². The summed E-state index contributed by atoms with van der Waals surface area (Å²) in [5.74, 6) is 4.99. The average Bonchev–Trinajstić information content (AvgIpc) is 2.98. The van der Waals surface area contributed by atoms with Crippen LogP contribution in [0.15, 0.2) is 24.3 Å². The number of hydrogen-bond acceptors (Lipinski definition) is 1. The number of hydrogen-bond donors (Lipinski definition) is 1. The summed E-state index contributed by atoms with van der Waals surface area (Å²) in [6, 6.07) is 7.79. The van der Waals surface area contributed by atoms with Crippen LogP contribution >= 0.6 is 0 Å². The maximum atomic E-state index is 10.9. The van der Waals surface area contributed by atoms with Crippen LogP contribution in [-0.2, 0) is 4.79 Å². The zero-order valence-corrected chi connectivity index (χ0v) is 8.58. The van der Waals surface area contributed by atoms with Crippen molar-refractivity contribution in [1.29, 1.82) is 0 Å². The lowest BCUT2D eigenvalue weighted by atomic mass is 10.1. The Kier molecular flexibility index (Phi) is 2.24. The fourth-order valence-electron chi connectivity index (χ4n) is 1.35. The fraction of sp³-hybridized carbons (Fsp3) is 0.308. The molecule has 0 heterocycles. The minimum atomic E-state index is -0.790. The number of carboxylic acids is 1. The second kappa shape index (κ2) is 3.43. The molecule has 0 spiro atoms. The lowest BCUT2D eigenvalue weighted by molar-refractivity contribution is -0.141. The van der Waals surface area contributed by atoms with Crippen LogP contribution in [0.2, 0.25) is 0 Å². The Labute approximate surface area is 88.9 Å². The summed E-state index contributed by atoms with van der Waals surface area (Å²) in [7, 11) is 0. The van der Waals surface area contributed by atoms with E-state index in [1.807, 2.05) is 31.2 Å². The molecule has 1 aliphatic rings. The van der Waals surface area contributed by atoms with Crippen LogP contribution in [0.3, 0.4) is 0 Å². The van der Waals surface area contributed by atoms with Gasteiger partial charge in [-0.15, -0.1) is 0 Å². The number of carboxylic acid groups (broad SMARTS) is 1. The number of rotatable bonds is 1. The van der Waals surface area contributed by atoms with Crippen molar-refractivity contribution in [2.45, 2.75) is 19.8 Å². The van der Waals surface area contributed by atoms with Crippen molar-refractivity contribution >= 4 is 5.97 Å². The smallest absolute Gasteiger partial charge is 0.321 e. The minimum absolute atomic E-state index is 0.682. The van der Waals surface area contributed by atoms with Crippen molar-refractivity contribution in [3.8, 4) is 11.8 Å². The van der Waals surface area contributed by atoms with Gasteiger partial charge in [-0.1, -0.05) is 29.5 Å². The molecule has 1 fully saturated rings. The first-order valence-electron chi connectivity index (χ1n) is 4.96. The third-order valence-corrected chi connectivity index (χ3v) is 2.66. The molecule has 1 N–H and O–H groups in total. The maximum absolute atomic E-state index is 10.9. The molecule has 0 bridgehead atoms. The Morgan fingerprint density at radius 3 is 2.40 bits per heavy atom. The second-order valence-corrected chi connectivity index (χ2v) is 4.00. The van der Waals surface area contributed by atoms with Crippen LogP contribution in [0.25, 0.3) is 0 Å². The molecule has 0 aromatic heterocycles. The van der Waals surface area contributed by atoms with E-state index >= 15 is 0 Å². The van der Waals surface area contributed by atoms with E-state index in [4.69, 9.17) is 5.11 Å². The van der Waals surface area contributed by atoms with Crippen molar-refractivity contribution in [3.63, 3.8) is 0 Å². The number of aliphatic carboxylic acids is 1. The highest BCUT2D eigenvalue weighted by Crippen LogP contribution is 2.45. The predicted octanol–water partition coefficient (Wildman–Crippen LogP) is 2.21. The van der Waals surface area contributed by atoms with Crippen molar-refractivity contribution < 1.29 is 9.90 Å². The van der Waals surface area contributed by atoms with Gasteiger partial charge in [-0.2, -0.15) is 0 Å². The predicted molar refractivity (Wildman–Crippen MR) is 57.4 cm³/mol. The number of carbonyl (C=O) groups is 1. The number of benzene rings is 1. The standard InChI is InChI=1S/C13H12O2/c1-10-2-4-11(5-3-10)6-7-13(8-9-13)12(14)15/h2-5H,8-9H2,1H3,(H,14,15). The highest BCUT2D eigenvalue weighted by molar-refractivity contribution is 5.82. The van der Waals surface area contributed by atoms with Crippen LogP contribution in [0.1, 0.15) is 24.0 Å². The van der Waals surface area contributed by atoms with Gasteiger partial charge in [0.2, 0.25) is 0 Å². The van der Waals surface area contributed by atoms with Gasteiger partial charge in [-0.3, -0.25) is 4.79 Å². The Balaban J connectivity index is 2.19. The summed E-state index contributed by atoms with van der Waals surface area (Å²) in [5, 5.41) is 8.92. The van der Waals surface area contributed by atoms with E-state index in [-0.39, 0.29) is 0 Å². The molecule has 1 aromatic carbocycles. The fourth-order valence-corrected chi connectivity index (χ4v) is 1.35. The first-order valence-corrected chi connectivity index (χ1v) is 4.96. The zero-order chi connectivity index (χ0) is 10.9. The molecule has 0 aliphatic heterocycles. The zero-order valence-electron chi connectivity index (χ0n) is 8.58. The van der Waals surface area contributed by atoms with E-state index < -0.39 is 11.4 Å². The lowest BCUT2D eigenvalue weighted by Gasteiger charge is -1.97. The molecule has 1 saturated carbocycles. The van der Waals surface area contributed by atoms with E-state index in [1.165, 1.54) is 5.56 Å². The molecule has 2 nitrogen and oxygen atoms in total. The van der Waals surface area contributed by atoms with Gasteiger partial charge in [0.25, 0.3) is 0 Å². The molecule has 0 atom stereocenters. The molecule has 15 heavy (non-hydrogen) atoms. The van der Waals surface area contributed by atoms with Crippen molar-refractivity contribution in [3.05, 3.63) is 35.4 Å². The van der Waals surface area contributed by atoms with E-state index in [1.54, 1.807) is 0 Å². The van der Waals surface area contributed by atoms with E-state index in [0.29, 0.717) is 12.8 Å². The Morgan fingerprint density at radius 2 is 1.93 bits per heavy atom. The molecule has 1 aliphatic carbocycles. The van der Waals surface area contributed by atoms with Crippen LogP contribution in [0.5, 0.6) is 0 Å². The summed E-state index contributed by atoms with van der Waals surface area (Å²) in [4.78, 5) is 10.9. The van der Waals surface area contributed by atoms with Gasteiger partial charge < -0.3 is 5.11 Å². The number of aryl methyl sites for hydroxylation is 1. The van der Waals surface area contributed by atoms with Gasteiger partial charge in [-0.05, 0) is 31.9 Å². The van der Waals surface area contributed by atoms with Crippen molar-refractivity contribution in [2.75, 3.05) is 0 Å². The quantitative estimate of drug-likeness (QED) is 0.706. The topological polar surface area (TPSA) is 37.3 Å².